The summed E-state index contributed by atoms with van der Waals surface area (Å²) in [5, 5.41) is 2.87. The second-order valence-corrected chi connectivity index (χ2v) is 5.07. The van der Waals surface area contributed by atoms with Gasteiger partial charge in [0.05, 0.1) is 17.9 Å². The minimum atomic E-state index is -0.120. The molecule has 0 saturated heterocycles. The molecule has 3 rings (SSSR count). The lowest BCUT2D eigenvalue weighted by molar-refractivity contribution is 0.0941. The van der Waals surface area contributed by atoms with E-state index < -0.39 is 0 Å². The number of anilines is 1. The topological polar surface area (TPSA) is 85.8 Å². The molecule has 3 N–H and O–H groups in total. The summed E-state index contributed by atoms with van der Waals surface area (Å²) in [6.45, 7) is 2.21. The Balaban J connectivity index is 1.70. The monoisotopic (exact) mass is 271 g/mol. The molecule has 2 aromatic heterocycles. The highest BCUT2D eigenvalue weighted by molar-refractivity contribution is 5.93. The third kappa shape index (κ3) is 2.64. The number of nitrogens with one attached hydrogen (secondary N) is 1. The Hall–Kier alpha value is -2.37. The summed E-state index contributed by atoms with van der Waals surface area (Å²) in [5.41, 5.74) is 7.83. The van der Waals surface area contributed by atoms with E-state index >= 15 is 0 Å². The zero-order valence-corrected chi connectivity index (χ0v) is 11.3. The molecule has 0 aliphatic heterocycles. The van der Waals surface area contributed by atoms with Gasteiger partial charge in [-0.05, 0) is 31.9 Å². The summed E-state index contributed by atoms with van der Waals surface area (Å²) >= 11 is 0. The molecular weight excluding hydrogens is 254 g/mol. The predicted molar refractivity (Wildman–Crippen MR) is 75.1 cm³/mol. The first-order valence-electron chi connectivity index (χ1n) is 6.67. The van der Waals surface area contributed by atoms with E-state index in [1.165, 1.54) is 0 Å². The van der Waals surface area contributed by atoms with Crippen LogP contribution in [0, 0.1) is 6.92 Å². The number of aryl methyl sites for hydroxylation is 1. The van der Waals surface area contributed by atoms with Crippen molar-refractivity contribution >= 4 is 11.6 Å². The van der Waals surface area contributed by atoms with Crippen molar-refractivity contribution < 1.29 is 4.79 Å². The fourth-order valence-corrected chi connectivity index (χ4v) is 2.20. The molecule has 6 nitrogen and oxygen atoms in total. The van der Waals surface area contributed by atoms with Crippen LogP contribution in [0.1, 0.15) is 40.9 Å². The first kappa shape index (κ1) is 12.7. The number of carbonyl (C=O) groups excluding carboxylic acids is 1. The van der Waals surface area contributed by atoms with Gasteiger partial charge in [0.1, 0.15) is 11.5 Å². The molecule has 0 atom stereocenters. The number of nitrogens with two attached hydrogens (primary N) is 1. The summed E-state index contributed by atoms with van der Waals surface area (Å²) in [7, 11) is 0. The van der Waals surface area contributed by atoms with Crippen molar-refractivity contribution in [1.29, 1.82) is 0 Å². The molecule has 1 aliphatic carbocycles. The lowest BCUT2D eigenvalue weighted by Crippen LogP contribution is -2.25. The second-order valence-electron chi connectivity index (χ2n) is 5.07. The summed E-state index contributed by atoms with van der Waals surface area (Å²) in [4.78, 5) is 20.5. The van der Waals surface area contributed by atoms with Crippen LogP contribution in [0.5, 0.6) is 0 Å². The van der Waals surface area contributed by atoms with Gasteiger partial charge in [0.25, 0.3) is 5.91 Å². The molecule has 1 saturated carbocycles. The number of hydrogen-bond donors (Lipinski definition) is 2. The van der Waals surface area contributed by atoms with Crippen LogP contribution in [-0.2, 0) is 6.54 Å². The zero-order chi connectivity index (χ0) is 14.1. The Morgan fingerprint density at radius 2 is 2.35 bits per heavy atom. The summed E-state index contributed by atoms with van der Waals surface area (Å²) in [5.74, 6) is 0.576. The third-order valence-electron chi connectivity index (χ3n) is 3.31. The number of carbonyl (C=O) groups is 1. The molecule has 0 aromatic carbocycles. The SMILES string of the molecule is Cc1nccc(CNC(=O)c2cc(N)cn2C2CC2)n1. The van der Waals surface area contributed by atoms with Gasteiger partial charge in [0, 0.05) is 18.4 Å². The molecule has 0 unspecified atom stereocenters. The van der Waals surface area contributed by atoms with Crippen LogP contribution in [0.3, 0.4) is 0 Å². The Morgan fingerprint density at radius 3 is 3.05 bits per heavy atom. The van der Waals surface area contributed by atoms with E-state index in [4.69, 9.17) is 5.73 Å². The molecule has 2 aromatic rings. The lowest BCUT2D eigenvalue weighted by atomic mass is 10.3. The van der Waals surface area contributed by atoms with Crippen molar-refractivity contribution in [3.8, 4) is 0 Å². The van der Waals surface area contributed by atoms with Crippen LogP contribution in [0.15, 0.2) is 24.5 Å². The maximum absolute atomic E-state index is 12.2. The zero-order valence-electron chi connectivity index (χ0n) is 11.3. The van der Waals surface area contributed by atoms with E-state index in [0.29, 0.717) is 29.8 Å². The maximum atomic E-state index is 12.2. The Bertz CT molecular complexity index is 645. The van der Waals surface area contributed by atoms with E-state index in [1.54, 1.807) is 18.3 Å². The third-order valence-corrected chi connectivity index (χ3v) is 3.31. The van der Waals surface area contributed by atoms with Crippen LogP contribution in [0.25, 0.3) is 0 Å². The molecule has 0 bridgehead atoms. The van der Waals surface area contributed by atoms with Crippen molar-refractivity contribution in [1.82, 2.24) is 19.9 Å². The number of nitrogen functional groups attached to an aromatic ring is 1. The van der Waals surface area contributed by atoms with Gasteiger partial charge in [-0.3, -0.25) is 4.79 Å². The van der Waals surface area contributed by atoms with Crippen LogP contribution in [0.2, 0.25) is 0 Å². The van der Waals surface area contributed by atoms with Crippen molar-refractivity contribution in [2.75, 3.05) is 5.73 Å². The number of amides is 1. The average Bonchev–Trinajstić information content (AvgIpc) is 3.19. The molecule has 6 heteroatoms. The van der Waals surface area contributed by atoms with E-state index in [0.717, 1.165) is 18.5 Å². The van der Waals surface area contributed by atoms with Gasteiger partial charge in [-0.25, -0.2) is 9.97 Å². The Morgan fingerprint density at radius 1 is 1.55 bits per heavy atom. The fourth-order valence-electron chi connectivity index (χ4n) is 2.20. The minimum absolute atomic E-state index is 0.120. The van der Waals surface area contributed by atoms with Gasteiger partial charge in [-0.15, -0.1) is 0 Å². The van der Waals surface area contributed by atoms with Crippen LogP contribution < -0.4 is 11.1 Å². The molecule has 104 valence electrons. The average molecular weight is 271 g/mol. The van der Waals surface area contributed by atoms with Gasteiger partial charge in [0.2, 0.25) is 0 Å². The van der Waals surface area contributed by atoms with Crippen molar-refractivity contribution in [3.05, 3.63) is 41.7 Å². The predicted octanol–water partition coefficient (Wildman–Crippen LogP) is 1.43. The number of hydrogen-bond acceptors (Lipinski definition) is 4. The van der Waals surface area contributed by atoms with Gasteiger partial charge in [0.15, 0.2) is 0 Å². The number of rotatable bonds is 4. The second kappa shape index (κ2) is 4.96. The van der Waals surface area contributed by atoms with Crippen molar-refractivity contribution in [2.24, 2.45) is 0 Å². The van der Waals surface area contributed by atoms with Crippen molar-refractivity contribution in [3.63, 3.8) is 0 Å². The maximum Gasteiger partial charge on any atom is 0.268 e. The number of nitrogens with zero attached hydrogens (tertiary/aromatic N) is 3. The number of aromatic nitrogens is 3. The van der Waals surface area contributed by atoms with Crippen LogP contribution in [0.4, 0.5) is 5.69 Å². The minimum Gasteiger partial charge on any atom is -0.397 e. The smallest absolute Gasteiger partial charge is 0.268 e. The lowest BCUT2D eigenvalue weighted by Gasteiger charge is -2.08. The quantitative estimate of drug-likeness (QED) is 0.881. The van der Waals surface area contributed by atoms with Crippen LogP contribution in [-0.4, -0.2) is 20.4 Å². The Labute approximate surface area is 117 Å². The highest BCUT2D eigenvalue weighted by Crippen LogP contribution is 2.37. The van der Waals surface area contributed by atoms with E-state index in [9.17, 15) is 4.79 Å². The Kier molecular flexibility index (Phi) is 3.14. The van der Waals surface area contributed by atoms with Gasteiger partial charge in [-0.1, -0.05) is 0 Å². The highest BCUT2D eigenvalue weighted by Gasteiger charge is 2.27. The van der Waals surface area contributed by atoms with E-state index in [1.807, 2.05) is 17.7 Å². The molecule has 1 aliphatic rings. The molecular formula is C14H17N5O. The highest BCUT2D eigenvalue weighted by atomic mass is 16.1. The normalized spacial score (nSPS) is 14.2. The van der Waals surface area contributed by atoms with E-state index in [-0.39, 0.29) is 5.91 Å². The van der Waals surface area contributed by atoms with Gasteiger partial charge >= 0.3 is 0 Å². The molecule has 20 heavy (non-hydrogen) atoms. The first-order chi connectivity index (χ1) is 9.63. The molecule has 1 fully saturated rings. The molecule has 0 radical (unpaired) electrons. The largest absolute Gasteiger partial charge is 0.397 e. The molecule has 2 heterocycles. The van der Waals surface area contributed by atoms with Crippen molar-refractivity contribution in [2.45, 2.75) is 32.4 Å². The fraction of sp³-hybridized carbons (Fsp3) is 0.357. The first-order valence-corrected chi connectivity index (χ1v) is 6.67. The van der Waals surface area contributed by atoms with Crippen LogP contribution >= 0.6 is 0 Å². The molecule has 1 amide bonds. The summed E-state index contributed by atoms with van der Waals surface area (Å²) in [6.07, 6.45) is 5.75. The van der Waals surface area contributed by atoms with E-state index in [2.05, 4.69) is 15.3 Å². The standard InChI is InChI=1S/C14H17N5O/c1-9-16-5-4-11(18-9)7-17-14(20)13-6-10(15)8-19(13)12-2-3-12/h4-6,8,12H,2-3,7,15H2,1H3,(H,17,20). The summed E-state index contributed by atoms with van der Waals surface area (Å²) in [6, 6.07) is 3.94. The molecule has 0 spiro atoms. The van der Waals surface area contributed by atoms with Gasteiger partial charge in [-0.2, -0.15) is 0 Å². The van der Waals surface area contributed by atoms with Gasteiger partial charge < -0.3 is 15.6 Å². The summed E-state index contributed by atoms with van der Waals surface area (Å²) < 4.78 is 1.97.